The summed E-state index contributed by atoms with van der Waals surface area (Å²) in [6.07, 6.45) is 1.37. The average molecular weight is 508 g/mol. The Labute approximate surface area is 213 Å². The van der Waals surface area contributed by atoms with Crippen molar-refractivity contribution in [3.63, 3.8) is 0 Å². The van der Waals surface area contributed by atoms with Gasteiger partial charge < -0.3 is 10.2 Å². The molecule has 0 aliphatic rings. The van der Waals surface area contributed by atoms with Crippen LogP contribution in [0.4, 0.5) is 5.69 Å². The number of para-hydroxylation sites is 1. The van der Waals surface area contributed by atoms with Crippen LogP contribution in [0.5, 0.6) is 0 Å². The number of likely N-dealkylation sites (N-methyl/N-ethyl adjacent to an activating group) is 1. The summed E-state index contributed by atoms with van der Waals surface area (Å²) in [5.41, 5.74) is 3.94. The highest BCUT2D eigenvalue weighted by atomic mass is 32.2. The van der Waals surface area contributed by atoms with Crippen LogP contribution in [-0.2, 0) is 32.6 Å². The van der Waals surface area contributed by atoms with Crippen molar-refractivity contribution in [1.82, 2.24) is 10.2 Å². The third-order valence-electron chi connectivity index (χ3n) is 6.02. The molecule has 3 aromatic carbocycles. The molecule has 0 spiro atoms. The minimum Gasteiger partial charge on any atom is -0.357 e. The quantitative estimate of drug-likeness (QED) is 0.455. The van der Waals surface area contributed by atoms with Gasteiger partial charge in [-0.15, -0.1) is 0 Å². The van der Waals surface area contributed by atoms with Gasteiger partial charge in [-0.1, -0.05) is 78.4 Å². The number of nitrogens with one attached hydrogen (secondary N) is 1. The zero-order chi connectivity index (χ0) is 26.3. The first-order valence-corrected chi connectivity index (χ1v) is 13.6. The van der Waals surface area contributed by atoms with Crippen LogP contribution in [0.1, 0.15) is 22.3 Å². The molecule has 3 rings (SSSR count). The number of hydrogen-bond acceptors (Lipinski definition) is 4. The van der Waals surface area contributed by atoms with E-state index in [1.807, 2.05) is 67.6 Å². The normalized spacial score (nSPS) is 12.0. The van der Waals surface area contributed by atoms with E-state index in [2.05, 4.69) is 5.32 Å². The van der Waals surface area contributed by atoms with Gasteiger partial charge in [0.1, 0.15) is 12.6 Å². The van der Waals surface area contributed by atoms with Gasteiger partial charge in [-0.2, -0.15) is 0 Å². The molecule has 0 saturated heterocycles. The van der Waals surface area contributed by atoms with Gasteiger partial charge in [0.15, 0.2) is 0 Å². The van der Waals surface area contributed by atoms with Crippen LogP contribution >= 0.6 is 0 Å². The number of aryl methyl sites for hydroxylation is 2. The molecule has 0 unspecified atom stereocenters. The van der Waals surface area contributed by atoms with E-state index >= 15 is 0 Å². The van der Waals surface area contributed by atoms with Gasteiger partial charge in [0.25, 0.3) is 0 Å². The number of anilines is 1. The molecule has 0 radical (unpaired) electrons. The predicted octanol–water partition coefficient (Wildman–Crippen LogP) is 3.46. The first-order valence-electron chi connectivity index (χ1n) is 11.7. The van der Waals surface area contributed by atoms with Crippen LogP contribution in [0, 0.1) is 13.8 Å². The Balaban J connectivity index is 2.04. The molecule has 0 aliphatic heterocycles. The van der Waals surface area contributed by atoms with Crippen LogP contribution in [0.25, 0.3) is 0 Å². The summed E-state index contributed by atoms with van der Waals surface area (Å²) in [5, 5.41) is 2.68. The summed E-state index contributed by atoms with van der Waals surface area (Å²) in [7, 11) is -2.24. The maximum absolute atomic E-state index is 13.9. The number of rotatable bonds is 10. The zero-order valence-electron chi connectivity index (χ0n) is 21.1. The first-order chi connectivity index (χ1) is 17.1. The molecule has 2 amide bonds. The monoisotopic (exact) mass is 507 g/mol. The topological polar surface area (TPSA) is 86.8 Å². The highest BCUT2D eigenvalue weighted by Crippen LogP contribution is 2.23. The molecule has 190 valence electrons. The smallest absolute Gasteiger partial charge is 0.244 e. The Kier molecular flexibility index (Phi) is 8.88. The molecule has 0 aliphatic carbocycles. The number of amides is 2. The number of benzene rings is 3. The van der Waals surface area contributed by atoms with Gasteiger partial charge in [0, 0.05) is 20.0 Å². The van der Waals surface area contributed by atoms with Crippen molar-refractivity contribution < 1.29 is 18.0 Å². The molecule has 0 heterocycles. The standard InChI is InChI=1S/C28H33N3O4S/c1-21-11-10-15-24(17-21)19-30(26(28(33)29-3)18-23-13-6-5-7-14-23)27(32)20-31(36(4,34)35)25-16-9-8-12-22(25)2/h5-17,26H,18-20H2,1-4H3,(H,29,33)/t26-/m1/s1. The second-order valence-electron chi connectivity index (χ2n) is 8.89. The minimum atomic E-state index is -3.77. The molecule has 0 saturated carbocycles. The third-order valence-corrected chi connectivity index (χ3v) is 7.14. The lowest BCUT2D eigenvalue weighted by molar-refractivity contribution is -0.139. The van der Waals surface area contributed by atoms with E-state index in [1.165, 1.54) is 11.9 Å². The maximum Gasteiger partial charge on any atom is 0.244 e. The Bertz CT molecular complexity index is 1310. The average Bonchev–Trinajstić information content (AvgIpc) is 2.84. The van der Waals surface area contributed by atoms with Crippen molar-refractivity contribution in [2.75, 3.05) is 24.2 Å². The molecule has 36 heavy (non-hydrogen) atoms. The Hall–Kier alpha value is -3.65. The first kappa shape index (κ1) is 26.9. The molecule has 0 bridgehead atoms. The van der Waals surface area contributed by atoms with Crippen LogP contribution in [0.3, 0.4) is 0 Å². The lowest BCUT2D eigenvalue weighted by atomic mass is 10.0. The Morgan fingerprint density at radius 3 is 2.14 bits per heavy atom. The molecule has 3 aromatic rings. The Morgan fingerprint density at radius 1 is 0.889 bits per heavy atom. The minimum absolute atomic E-state index is 0.163. The predicted molar refractivity (Wildman–Crippen MR) is 143 cm³/mol. The van der Waals surface area contributed by atoms with Crippen molar-refractivity contribution >= 4 is 27.5 Å². The van der Waals surface area contributed by atoms with Crippen LogP contribution in [-0.4, -0.2) is 51.0 Å². The second kappa shape index (κ2) is 11.9. The summed E-state index contributed by atoms with van der Waals surface area (Å²) < 4.78 is 26.7. The van der Waals surface area contributed by atoms with E-state index in [0.29, 0.717) is 12.1 Å². The molecule has 8 heteroatoms. The number of nitrogens with zero attached hydrogens (tertiary/aromatic N) is 2. The van der Waals surface area contributed by atoms with E-state index < -0.39 is 28.5 Å². The summed E-state index contributed by atoms with van der Waals surface area (Å²) >= 11 is 0. The lowest BCUT2D eigenvalue weighted by Crippen LogP contribution is -2.53. The van der Waals surface area contributed by atoms with Crippen LogP contribution in [0.2, 0.25) is 0 Å². The molecule has 7 nitrogen and oxygen atoms in total. The second-order valence-corrected chi connectivity index (χ2v) is 10.8. The fourth-order valence-electron chi connectivity index (χ4n) is 4.17. The number of sulfonamides is 1. The molecule has 0 aromatic heterocycles. The van der Waals surface area contributed by atoms with Crippen molar-refractivity contribution in [2.45, 2.75) is 32.9 Å². The van der Waals surface area contributed by atoms with Crippen molar-refractivity contribution in [1.29, 1.82) is 0 Å². The fraction of sp³-hybridized carbons (Fsp3) is 0.286. The van der Waals surface area contributed by atoms with E-state index in [4.69, 9.17) is 0 Å². The van der Waals surface area contributed by atoms with E-state index in [9.17, 15) is 18.0 Å². The highest BCUT2D eigenvalue weighted by Gasteiger charge is 2.32. The summed E-state index contributed by atoms with van der Waals surface area (Å²) in [6, 6.07) is 23.4. The van der Waals surface area contributed by atoms with E-state index in [0.717, 1.165) is 32.8 Å². The van der Waals surface area contributed by atoms with Gasteiger partial charge in [0.05, 0.1) is 11.9 Å². The fourth-order valence-corrected chi connectivity index (χ4v) is 5.07. The zero-order valence-corrected chi connectivity index (χ0v) is 22.0. The molecule has 0 fully saturated rings. The molecular weight excluding hydrogens is 474 g/mol. The summed E-state index contributed by atoms with van der Waals surface area (Å²) in [5.74, 6) is -0.781. The van der Waals surface area contributed by atoms with Crippen LogP contribution in [0.15, 0.2) is 78.9 Å². The van der Waals surface area contributed by atoms with E-state index in [1.54, 1.807) is 25.1 Å². The largest absolute Gasteiger partial charge is 0.357 e. The maximum atomic E-state index is 13.9. The van der Waals surface area contributed by atoms with Crippen LogP contribution < -0.4 is 9.62 Å². The highest BCUT2D eigenvalue weighted by molar-refractivity contribution is 7.92. The number of hydrogen-bond donors (Lipinski definition) is 1. The number of carbonyl (C=O) groups excluding carboxylic acids is 2. The number of carbonyl (C=O) groups is 2. The van der Waals surface area contributed by atoms with Gasteiger partial charge in [-0.25, -0.2) is 8.42 Å². The third kappa shape index (κ3) is 6.95. The Morgan fingerprint density at radius 2 is 1.53 bits per heavy atom. The van der Waals surface area contributed by atoms with Gasteiger partial charge >= 0.3 is 0 Å². The molecular formula is C28H33N3O4S. The molecule has 1 atom stereocenters. The van der Waals surface area contributed by atoms with E-state index in [-0.39, 0.29) is 12.5 Å². The summed E-state index contributed by atoms with van der Waals surface area (Å²) in [4.78, 5) is 28.4. The SMILES string of the molecule is CNC(=O)[C@@H](Cc1ccccc1)N(Cc1cccc(C)c1)C(=O)CN(c1ccccc1C)S(C)(=O)=O. The van der Waals surface area contributed by atoms with Gasteiger partial charge in [0.2, 0.25) is 21.8 Å². The lowest BCUT2D eigenvalue weighted by Gasteiger charge is -2.33. The van der Waals surface area contributed by atoms with Gasteiger partial charge in [-0.3, -0.25) is 13.9 Å². The van der Waals surface area contributed by atoms with Crippen molar-refractivity contribution in [3.05, 3.63) is 101 Å². The van der Waals surface area contributed by atoms with Gasteiger partial charge in [-0.05, 0) is 36.6 Å². The van der Waals surface area contributed by atoms with Crippen molar-refractivity contribution in [3.8, 4) is 0 Å². The van der Waals surface area contributed by atoms with Crippen molar-refractivity contribution in [2.24, 2.45) is 0 Å². The molecule has 1 N–H and O–H groups in total. The summed E-state index contributed by atoms with van der Waals surface area (Å²) in [6.45, 7) is 3.50.